The van der Waals surface area contributed by atoms with Gasteiger partial charge in [0.05, 0.1) is 23.1 Å². The van der Waals surface area contributed by atoms with E-state index in [0.717, 1.165) is 44.6 Å². The van der Waals surface area contributed by atoms with Crippen molar-refractivity contribution in [1.29, 1.82) is 0 Å². The fourth-order valence-electron chi connectivity index (χ4n) is 3.66. The maximum Gasteiger partial charge on any atom is 0.138 e. The van der Waals surface area contributed by atoms with Gasteiger partial charge in [-0.15, -0.1) is 11.3 Å². The minimum atomic E-state index is 0.801. The van der Waals surface area contributed by atoms with Crippen molar-refractivity contribution in [2.75, 3.05) is 0 Å². The Balaban J connectivity index is 1.52. The Hall–Kier alpha value is -3.91. The summed E-state index contributed by atoms with van der Waals surface area (Å²) in [5, 5.41) is 9.68. The van der Waals surface area contributed by atoms with Gasteiger partial charge in [-0.25, -0.2) is 15.0 Å². The molecule has 0 atom stereocenters. The number of pyridine rings is 2. The van der Waals surface area contributed by atoms with E-state index in [4.69, 9.17) is 0 Å². The predicted molar refractivity (Wildman–Crippen MR) is 118 cm³/mol. The molecule has 0 saturated carbocycles. The van der Waals surface area contributed by atoms with Crippen molar-refractivity contribution in [3.63, 3.8) is 0 Å². The molecule has 0 aliphatic carbocycles. The molecule has 0 aliphatic heterocycles. The molecule has 0 unspecified atom stereocenters. The van der Waals surface area contributed by atoms with Gasteiger partial charge in [0.25, 0.3) is 0 Å². The van der Waals surface area contributed by atoms with Gasteiger partial charge in [-0.3, -0.25) is 10.1 Å². The lowest BCUT2D eigenvalue weighted by Crippen LogP contribution is -1.86. The van der Waals surface area contributed by atoms with Gasteiger partial charge in [0, 0.05) is 50.2 Å². The van der Waals surface area contributed by atoms with Gasteiger partial charge in [-0.2, -0.15) is 5.10 Å². The molecule has 6 aromatic heterocycles. The first-order valence-corrected chi connectivity index (χ1v) is 10.2. The molecule has 0 aromatic carbocycles. The highest BCUT2D eigenvalue weighted by Crippen LogP contribution is 2.36. The third kappa shape index (κ3) is 2.69. The fraction of sp³-hybridized carbons (Fsp3) is 0.0455. The number of aromatic nitrogens is 7. The fourth-order valence-corrected chi connectivity index (χ4v) is 4.57. The first kappa shape index (κ1) is 17.0. The van der Waals surface area contributed by atoms with Crippen LogP contribution in [0.1, 0.15) is 4.88 Å². The van der Waals surface area contributed by atoms with Crippen molar-refractivity contribution in [2.24, 2.45) is 0 Å². The summed E-state index contributed by atoms with van der Waals surface area (Å²) in [6.45, 7) is 2.12. The molecule has 6 heterocycles. The lowest BCUT2D eigenvalue weighted by molar-refractivity contribution is 1.11. The smallest absolute Gasteiger partial charge is 0.138 e. The summed E-state index contributed by atoms with van der Waals surface area (Å²) in [4.78, 5) is 23.2. The van der Waals surface area contributed by atoms with E-state index in [2.05, 4.69) is 66.3 Å². The van der Waals surface area contributed by atoms with E-state index >= 15 is 0 Å². The van der Waals surface area contributed by atoms with Crippen molar-refractivity contribution in [3.05, 3.63) is 66.3 Å². The normalized spacial score (nSPS) is 11.5. The van der Waals surface area contributed by atoms with Crippen LogP contribution in [0.15, 0.2) is 61.4 Å². The lowest BCUT2D eigenvalue weighted by Gasteiger charge is -2.00. The Morgan fingerprint density at radius 3 is 2.67 bits per heavy atom. The summed E-state index contributed by atoms with van der Waals surface area (Å²) in [7, 11) is 0. The number of H-pyrrole nitrogens is 2. The zero-order valence-electron chi connectivity index (χ0n) is 15.9. The van der Waals surface area contributed by atoms with Crippen LogP contribution in [0.2, 0.25) is 0 Å². The Bertz CT molecular complexity index is 1510. The van der Waals surface area contributed by atoms with Crippen molar-refractivity contribution < 1.29 is 0 Å². The number of aryl methyl sites for hydroxylation is 1. The molecule has 0 spiro atoms. The maximum absolute atomic E-state index is 4.55. The van der Waals surface area contributed by atoms with E-state index in [0.29, 0.717) is 0 Å². The molecule has 8 heteroatoms. The molecule has 0 aliphatic rings. The van der Waals surface area contributed by atoms with Crippen molar-refractivity contribution in [3.8, 4) is 33.1 Å². The zero-order chi connectivity index (χ0) is 20.1. The average molecular weight is 409 g/mol. The number of fused-ring (bicyclic) bond motifs is 2. The van der Waals surface area contributed by atoms with Crippen LogP contribution in [0.3, 0.4) is 0 Å². The molecule has 0 radical (unpaired) electrons. The number of nitrogens with zero attached hydrogens (tertiary/aromatic N) is 5. The quantitative estimate of drug-likeness (QED) is 0.429. The van der Waals surface area contributed by atoms with Gasteiger partial charge >= 0.3 is 0 Å². The molecule has 144 valence electrons. The number of hydrogen-bond donors (Lipinski definition) is 2. The Morgan fingerprint density at radius 2 is 1.83 bits per heavy atom. The van der Waals surface area contributed by atoms with Crippen molar-refractivity contribution >= 4 is 33.3 Å². The largest absolute Gasteiger partial charge is 0.338 e. The minimum absolute atomic E-state index is 0.801. The summed E-state index contributed by atoms with van der Waals surface area (Å²) < 4.78 is 0. The van der Waals surface area contributed by atoms with E-state index in [1.165, 1.54) is 21.6 Å². The third-order valence-electron chi connectivity index (χ3n) is 5.10. The highest BCUT2D eigenvalue weighted by molar-refractivity contribution is 7.15. The number of aromatic amines is 2. The molecule has 2 N–H and O–H groups in total. The van der Waals surface area contributed by atoms with E-state index < -0.39 is 0 Å². The first-order chi connectivity index (χ1) is 14.8. The van der Waals surface area contributed by atoms with E-state index in [1.54, 1.807) is 29.9 Å². The van der Waals surface area contributed by atoms with Crippen LogP contribution in [-0.4, -0.2) is 35.1 Å². The third-order valence-corrected chi connectivity index (χ3v) is 6.13. The van der Waals surface area contributed by atoms with Crippen molar-refractivity contribution in [1.82, 2.24) is 35.1 Å². The predicted octanol–water partition coefficient (Wildman–Crippen LogP) is 5.00. The zero-order valence-corrected chi connectivity index (χ0v) is 16.7. The number of thiophene rings is 1. The standard InChI is InChI=1S/C22H15N7S/c1-12-2-3-20(30-12)14-4-5-25-22-15(14)6-18(27-22)21-16-7-17(13-8-23-11-24-9-13)26-10-19(16)28-29-21/h2-11H,1H3,(H,25,27)(H,28,29). The molecule has 6 aromatic rings. The lowest BCUT2D eigenvalue weighted by atomic mass is 10.1. The second-order valence-electron chi connectivity index (χ2n) is 7.03. The molecule has 0 saturated heterocycles. The first-order valence-electron chi connectivity index (χ1n) is 9.41. The van der Waals surface area contributed by atoms with Crippen LogP contribution in [0.5, 0.6) is 0 Å². The molecule has 0 bridgehead atoms. The second kappa shape index (κ2) is 6.57. The molecular formula is C22H15N7S. The highest BCUT2D eigenvalue weighted by Gasteiger charge is 2.15. The number of nitrogens with one attached hydrogen (secondary N) is 2. The van der Waals surface area contributed by atoms with Gasteiger partial charge in [0.1, 0.15) is 17.7 Å². The Labute approximate surface area is 174 Å². The van der Waals surface area contributed by atoms with Crippen LogP contribution in [0.25, 0.3) is 55.0 Å². The second-order valence-corrected chi connectivity index (χ2v) is 8.32. The minimum Gasteiger partial charge on any atom is -0.338 e. The van der Waals surface area contributed by atoms with Gasteiger partial charge in [0.2, 0.25) is 0 Å². The summed E-state index contributed by atoms with van der Waals surface area (Å²) in [5.74, 6) is 0. The number of rotatable bonds is 3. The maximum atomic E-state index is 4.55. The Kier molecular flexibility index (Phi) is 3.72. The van der Waals surface area contributed by atoms with E-state index in [9.17, 15) is 0 Å². The molecule has 0 fully saturated rings. The SMILES string of the molecule is Cc1ccc(-c2ccnc3[nH]c(-c4n[nH]c5cnc(-c6cncnc6)cc45)cc23)s1. The van der Waals surface area contributed by atoms with Crippen LogP contribution in [-0.2, 0) is 0 Å². The van der Waals surface area contributed by atoms with Crippen LogP contribution >= 0.6 is 11.3 Å². The molecule has 6 rings (SSSR count). The Morgan fingerprint density at radius 1 is 0.933 bits per heavy atom. The van der Waals surface area contributed by atoms with E-state index in [-0.39, 0.29) is 0 Å². The average Bonchev–Trinajstić information content (AvgIpc) is 3.51. The molecular weight excluding hydrogens is 394 g/mol. The van der Waals surface area contributed by atoms with Crippen molar-refractivity contribution in [2.45, 2.75) is 6.92 Å². The van der Waals surface area contributed by atoms with Gasteiger partial charge in [-0.1, -0.05) is 0 Å². The summed E-state index contributed by atoms with van der Waals surface area (Å²) in [6, 6.07) is 10.5. The molecule has 30 heavy (non-hydrogen) atoms. The topological polar surface area (TPSA) is 96.0 Å². The monoisotopic (exact) mass is 409 g/mol. The van der Waals surface area contributed by atoms with Crippen LogP contribution in [0.4, 0.5) is 0 Å². The van der Waals surface area contributed by atoms with Crippen LogP contribution < -0.4 is 0 Å². The highest BCUT2D eigenvalue weighted by atomic mass is 32.1. The molecule has 0 amide bonds. The molecule has 7 nitrogen and oxygen atoms in total. The van der Waals surface area contributed by atoms with Gasteiger partial charge in [0.15, 0.2) is 0 Å². The van der Waals surface area contributed by atoms with Gasteiger partial charge < -0.3 is 4.98 Å². The summed E-state index contributed by atoms with van der Waals surface area (Å²) in [6.07, 6.45) is 8.64. The van der Waals surface area contributed by atoms with Crippen LogP contribution in [0, 0.1) is 6.92 Å². The summed E-state index contributed by atoms with van der Waals surface area (Å²) in [5.41, 5.74) is 6.28. The van der Waals surface area contributed by atoms with E-state index in [1.807, 2.05) is 12.3 Å². The number of hydrogen-bond acceptors (Lipinski definition) is 6. The summed E-state index contributed by atoms with van der Waals surface area (Å²) >= 11 is 1.78. The van der Waals surface area contributed by atoms with Gasteiger partial charge in [-0.05, 0) is 37.3 Å².